The Morgan fingerprint density at radius 2 is 2.14 bits per heavy atom. The molecular formula is C10H13BrO3. The Kier molecular flexibility index (Phi) is 2.04. The van der Waals surface area contributed by atoms with Crippen LogP contribution in [0.1, 0.15) is 26.7 Å². The molecule has 1 saturated heterocycles. The first-order chi connectivity index (χ1) is 6.45. The van der Waals surface area contributed by atoms with Gasteiger partial charge in [0.05, 0.1) is 11.3 Å². The van der Waals surface area contributed by atoms with Gasteiger partial charge >= 0.3 is 11.9 Å². The van der Waals surface area contributed by atoms with Crippen LogP contribution < -0.4 is 0 Å². The first-order valence-electron chi connectivity index (χ1n) is 4.78. The summed E-state index contributed by atoms with van der Waals surface area (Å²) in [5.41, 5.74) is -0.769. The van der Waals surface area contributed by atoms with Crippen LogP contribution in [0.2, 0.25) is 0 Å². The van der Waals surface area contributed by atoms with Crippen LogP contribution in [0, 0.1) is 16.7 Å². The van der Waals surface area contributed by atoms with Crippen LogP contribution in [0.25, 0.3) is 0 Å². The normalized spacial score (nSPS) is 46.6. The lowest BCUT2D eigenvalue weighted by molar-refractivity contribution is -0.184. The highest BCUT2D eigenvalue weighted by molar-refractivity contribution is 9.09. The number of halogens is 1. The number of alkyl halides is 1. The average Bonchev–Trinajstić information content (AvgIpc) is 2.34. The number of esters is 2. The van der Waals surface area contributed by atoms with Crippen LogP contribution in [-0.2, 0) is 14.3 Å². The molecule has 0 aromatic rings. The molecule has 2 bridgehead atoms. The third-order valence-electron chi connectivity index (χ3n) is 4.17. The highest BCUT2D eigenvalue weighted by atomic mass is 79.9. The molecule has 2 unspecified atom stereocenters. The summed E-state index contributed by atoms with van der Waals surface area (Å²) in [5, 5.41) is 0.669. The van der Waals surface area contributed by atoms with Crippen LogP contribution in [0.15, 0.2) is 0 Å². The lowest BCUT2D eigenvalue weighted by Gasteiger charge is -2.43. The topological polar surface area (TPSA) is 43.4 Å². The van der Waals surface area contributed by atoms with Crippen LogP contribution in [-0.4, -0.2) is 17.3 Å². The largest absolute Gasteiger partial charge is 0.392 e. The molecule has 0 aromatic carbocycles. The lowest BCUT2D eigenvalue weighted by Crippen LogP contribution is -2.52. The number of rotatable bonds is 1. The summed E-state index contributed by atoms with van der Waals surface area (Å²) in [7, 11) is 0. The predicted octanol–water partition coefficient (Wildman–Crippen LogP) is 1.89. The van der Waals surface area contributed by atoms with Crippen molar-refractivity contribution in [2.75, 3.05) is 5.33 Å². The zero-order valence-corrected chi connectivity index (χ0v) is 9.89. The van der Waals surface area contributed by atoms with Crippen molar-refractivity contribution in [2.45, 2.75) is 26.7 Å². The fourth-order valence-electron chi connectivity index (χ4n) is 2.65. The van der Waals surface area contributed by atoms with Crippen LogP contribution in [0.4, 0.5) is 0 Å². The van der Waals surface area contributed by atoms with E-state index in [1.165, 1.54) is 0 Å². The van der Waals surface area contributed by atoms with Gasteiger partial charge < -0.3 is 4.74 Å². The lowest BCUT2D eigenvalue weighted by atomic mass is 9.64. The zero-order chi connectivity index (χ0) is 10.6. The Morgan fingerprint density at radius 1 is 1.50 bits per heavy atom. The third kappa shape index (κ3) is 0.926. The van der Waals surface area contributed by atoms with Crippen molar-refractivity contribution in [2.24, 2.45) is 16.7 Å². The highest BCUT2D eigenvalue weighted by Crippen LogP contribution is 2.60. The molecule has 1 aliphatic carbocycles. The molecule has 14 heavy (non-hydrogen) atoms. The van der Waals surface area contributed by atoms with E-state index in [0.29, 0.717) is 5.33 Å². The average molecular weight is 261 g/mol. The van der Waals surface area contributed by atoms with Crippen LogP contribution in [0.5, 0.6) is 0 Å². The number of hydrogen-bond donors (Lipinski definition) is 0. The van der Waals surface area contributed by atoms with Gasteiger partial charge in [-0.15, -0.1) is 0 Å². The van der Waals surface area contributed by atoms with Crippen molar-refractivity contribution in [3.8, 4) is 0 Å². The Balaban J connectivity index is 2.51. The molecule has 1 saturated carbocycles. The monoisotopic (exact) mass is 260 g/mol. The summed E-state index contributed by atoms with van der Waals surface area (Å²) in [6.45, 7) is 3.90. The number of cyclic esters (lactones) is 2. The molecule has 3 atom stereocenters. The zero-order valence-electron chi connectivity index (χ0n) is 8.30. The molecule has 0 spiro atoms. The summed E-state index contributed by atoms with van der Waals surface area (Å²) < 4.78 is 4.77. The standard InChI is InChI=1S/C10H13BrO3/c1-9-4-3-6(10(9,2)5-11)7(12)14-8(9)13/h6H,3-5H2,1-2H3/t6?,9?,10-/m0/s1. The van der Waals surface area contributed by atoms with Crippen LogP contribution >= 0.6 is 15.9 Å². The molecule has 0 aromatic heterocycles. The molecule has 0 amide bonds. The summed E-state index contributed by atoms with van der Waals surface area (Å²) in [6.07, 6.45) is 1.52. The quantitative estimate of drug-likeness (QED) is 0.411. The number of carbonyl (C=O) groups is 2. The maximum atomic E-state index is 11.7. The number of carbonyl (C=O) groups excluding carboxylic acids is 2. The molecule has 1 aliphatic heterocycles. The highest BCUT2D eigenvalue weighted by Gasteiger charge is 2.65. The van der Waals surface area contributed by atoms with Crippen molar-refractivity contribution in [1.29, 1.82) is 0 Å². The van der Waals surface area contributed by atoms with E-state index in [2.05, 4.69) is 15.9 Å². The minimum absolute atomic E-state index is 0.121. The maximum absolute atomic E-state index is 11.7. The second kappa shape index (κ2) is 2.81. The third-order valence-corrected chi connectivity index (χ3v) is 5.33. The summed E-state index contributed by atoms with van der Waals surface area (Å²) in [4.78, 5) is 23.2. The Labute approximate surface area is 91.3 Å². The first-order valence-corrected chi connectivity index (χ1v) is 5.90. The van der Waals surface area contributed by atoms with E-state index in [4.69, 9.17) is 4.74 Å². The van der Waals surface area contributed by atoms with Gasteiger partial charge in [-0.25, -0.2) is 0 Å². The molecular weight excluding hydrogens is 248 g/mol. The SMILES string of the molecule is CC12CCC(C(=O)OC1=O)[C@]2(C)CBr. The van der Waals surface area contributed by atoms with Gasteiger partial charge in [-0.3, -0.25) is 9.59 Å². The number of fused-ring (bicyclic) bond motifs is 2. The Morgan fingerprint density at radius 3 is 2.71 bits per heavy atom. The van der Waals surface area contributed by atoms with Crippen molar-refractivity contribution in [3.63, 3.8) is 0 Å². The van der Waals surface area contributed by atoms with Gasteiger partial charge in [0, 0.05) is 10.7 Å². The van der Waals surface area contributed by atoms with Crippen molar-refractivity contribution >= 4 is 27.9 Å². The second-order valence-electron chi connectivity index (χ2n) is 4.68. The molecule has 2 rings (SSSR count). The summed E-state index contributed by atoms with van der Waals surface area (Å²) in [5.74, 6) is -0.810. The molecule has 0 N–H and O–H groups in total. The molecule has 3 nitrogen and oxygen atoms in total. The summed E-state index contributed by atoms with van der Waals surface area (Å²) >= 11 is 3.42. The van der Waals surface area contributed by atoms with Crippen molar-refractivity contribution < 1.29 is 14.3 Å². The molecule has 78 valence electrons. The van der Waals surface area contributed by atoms with E-state index in [1.807, 2.05) is 13.8 Å². The maximum Gasteiger partial charge on any atom is 0.320 e. The number of hydrogen-bond acceptors (Lipinski definition) is 3. The van der Waals surface area contributed by atoms with Gasteiger partial charge in [0.15, 0.2) is 0 Å². The minimum Gasteiger partial charge on any atom is -0.392 e. The van der Waals surface area contributed by atoms with E-state index in [1.54, 1.807) is 0 Å². The van der Waals surface area contributed by atoms with E-state index in [0.717, 1.165) is 12.8 Å². The van der Waals surface area contributed by atoms with Crippen molar-refractivity contribution in [3.05, 3.63) is 0 Å². The minimum atomic E-state index is -0.491. The molecule has 2 fully saturated rings. The Hall–Kier alpha value is -0.380. The number of ether oxygens (including phenoxy) is 1. The fraction of sp³-hybridized carbons (Fsp3) is 0.800. The smallest absolute Gasteiger partial charge is 0.320 e. The second-order valence-corrected chi connectivity index (χ2v) is 5.24. The van der Waals surface area contributed by atoms with Gasteiger partial charge in [0.2, 0.25) is 0 Å². The summed E-state index contributed by atoms with van der Waals surface area (Å²) in [6, 6.07) is 0. The van der Waals surface area contributed by atoms with Gasteiger partial charge in [-0.2, -0.15) is 0 Å². The van der Waals surface area contributed by atoms with E-state index < -0.39 is 5.41 Å². The first kappa shape index (κ1) is 10.1. The van der Waals surface area contributed by atoms with Gasteiger partial charge in [0.25, 0.3) is 0 Å². The van der Waals surface area contributed by atoms with Gasteiger partial charge in [-0.05, 0) is 19.8 Å². The van der Waals surface area contributed by atoms with Gasteiger partial charge in [0.1, 0.15) is 0 Å². The fourth-order valence-corrected chi connectivity index (χ4v) is 3.66. The predicted molar refractivity (Wildman–Crippen MR) is 53.8 cm³/mol. The van der Waals surface area contributed by atoms with Gasteiger partial charge in [-0.1, -0.05) is 22.9 Å². The molecule has 2 aliphatic rings. The molecule has 1 heterocycles. The molecule has 0 radical (unpaired) electrons. The molecule has 4 heteroatoms. The van der Waals surface area contributed by atoms with Crippen molar-refractivity contribution in [1.82, 2.24) is 0 Å². The van der Waals surface area contributed by atoms with E-state index >= 15 is 0 Å². The van der Waals surface area contributed by atoms with E-state index in [9.17, 15) is 9.59 Å². The van der Waals surface area contributed by atoms with Crippen LogP contribution in [0.3, 0.4) is 0 Å². The van der Waals surface area contributed by atoms with E-state index in [-0.39, 0.29) is 23.3 Å². The Bertz CT molecular complexity index is 314.